The van der Waals surface area contributed by atoms with Crippen molar-refractivity contribution in [2.24, 2.45) is 0 Å². The molecule has 0 aliphatic rings. The standard InChI is InChI=1S/C20H14ClNO2S3/c1-27(23,24)14-10-8-13(9-11-14)19-18(17-7-4-12-25-17)22-20(26-19)15-5-2-3-6-16(15)21/h2-12H,1H3. The number of rotatable bonds is 4. The molecule has 0 saturated heterocycles. The van der Waals surface area contributed by atoms with Crippen molar-refractivity contribution >= 4 is 44.1 Å². The van der Waals surface area contributed by atoms with E-state index in [0.29, 0.717) is 9.92 Å². The van der Waals surface area contributed by atoms with Crippen molar-refractivity contribution in [1.29, 1.82) is 0 Å². The topological polar surface area (TPSA) is 47.0 Å². The Kier molecular flexibility index (Phi) is 4.90. The average Bonchev–Trinajstić information content (AvgIpc) is 3.31. The highest BCUT2D eigenvalue weighted by Crippen LogP contribution is 2.43. The molecule has 7 heteroatoms. The van der Waals surface area contributed by atoms with Gasteiger partial charge in [0.1, 0.15) is 5.01 Å². The molecule has 4 rings (SSSR count). The maximum Gasteiger partial charge on any atom is 0.175 e. The van der Waals surface area contributed by atoms with Gasteiger partial charge in [0, 0.05) is 11.8 Å². The second-order valence-electron chi connectivity index (χ2n) is 5.95. The molecule has 0 unspecified atom stereocenters. The van der Waals surface area contributed by atoms with Crippen LogP contribution < -0.4 is 0 Å². The molecule has 0 spiro atoms. The van der Waals surface area contributed by atoms with Gasteiger partial charge in [-0.05, 0) is 35.2 Å². The zero-order chi connectivity index (χ0) is 19.0. The van der Waals surface area contributed by atoms with Crippen LogP contribution in [0.15, 0.2) is 70.9 Å². The fourth-order valence-electron chi connectivity index (χ4n) is 2.70. The molecule has 0 amide bonds. The van der Waals surface area contributed by atoms with Gasteiger partial charge < -0.3 is 0 Å². The van der Waals surface area contributed by atoms with Crippen LogP contribution in [-0.4, -0.2) is 19.7 Å². The van der Waals surface area contributed by atoms with E-state index in [1.165, 1.54) is 6.26 Å². The highest BCUT2D eigenvalue weighted by Gasteiger charge is 2.18. The lowest BCUT2D eigenvalue weighted by Crippen LogP contribution is -1.96. The lowest BCUT2D eigenvalue weighted by molar-refractivity contribution is 0.602. The van der Waals surface area contributed by atoms with Crippen molar-refractivity contribution in [2.45, 2.75) is 4.90 Å². The molecule has 0 saturated carbocycles. The van der Waals surface area contributed by atoms with Gasteiger partial charge in [-0.3, -0.25) is 0 Å². The summed E-state index contributed by atoms with van der Waals surface area (Å²) in [5.74, 6) is 0. The van der Waals surface area contributed by atoms with E-state index in [1.807, 2.05) is 53.9 Å². The van der Waals surface area contributed by atoms with Crippen LogP contribution >= 0.6 is 34.3 Å². The lowest BCUT2D eigenvalue weighted by atomic mass is 10.1. The molecule has 2 heterocycles. The lowest BCUT2D eigenvalue weighted by Gasteiger charge is -2.03. The highest BCUT2D eigenvalue weighted by atomic mass is 35.5. The van der Waals surface area contributed by atoms with Crippen LogP contribution in [0.5, 0.6) is 0 Å². The van der Waals surface area contributed by atoms with Gasteiger partial charge in [-0.25, -0.2) is 13.4 Å². The third-order valence-corrected chi connectivity index (χ3v) is 7.50. The molecule has 136 valence electrons. The SMILES string of the molecule is CS(=O)(=O)c1ccc(-c2sc(-c3ccccc3Cl)nc2-c2cccs2)cc1. The summed E-state index contributed by atoms with van der Waals surface area (Å²) < 4.78 is 23.5. The number of sulfone groups is 1. The molecule has 0 N–H and O–H groups in total. The van der Waals surface area contributed by atoms with Gasteiger partial charge in [0.2, 0.25) is 0 Å². The molecular formula is C20H14ClNO2S3. The Morgan fingerprint density at radius 2 is 1.70 bits per heavy atom. The minimum atomic E-state index is -3.23. The van der Waals surface area contributed by atoms with Gasteiger partial charge in [0.15, 0.2) is 9.84 Å². The highest BCUT2D eigenvalue weighted by molar-refractivity contribution is 7.90. The van der Waals surface area contributed by atoms with Gasteiger partial charge in [-0.1, -0.05) is 48.0 Å². The molecule has 27 heavy (non-hydrogen) atoms. The predicted octanol–water partition coefficient (Wildman–Crippen LogP) is 6.26. The summed E-state index contributed by atoms with van der Waals surface area (Å²) in [5, 5.41) is 3.51. The minimum Gasteiger partial charge on any atom is -0.234 e. The van der Waals surface area contributed by atoms with Gasteiger partial charge >= 0.3 is 0 Å². The first-order valence-corrected chi connectivity index (χ1v) is 12.0. The quantitative estimate of drug-likeness (QED) is 0.383. The van der Waals surface area contributed by atoms with Crippen LogP contribution in [0.3, 0.4) is 0 Å². The van der Waals surface area contributed by atoms with Gasteiger partial charge in [-0.2, -0.15) is 0 Å². The van der Waals surface area contributed by atoms with E-state index < -0.39 is 9.84 Å². The van der Waals surface area contributed by atoms with Crippen molar-refractivity contribution in [3.05, 3.63) is 71.1 Å². The van der Waals surface area contributed by atoms with Crippen molar-refractivity contribution in [1.82, 2.24) is 4.98 Å². The van der Waals surface area contributed by atoms with E-state index in [9.17, 15) is 8.42 Å². The largest absolute Gasteiger partial charge is 0.234 e. The number of hydrogen-bond donors (Lipinski definition) is 0. The number of aromatic nitrogens is 1. The molecular weight excluding hydrogens is 418 g/mol. The first-order valence-electron chi connectivity index (χ1n) is 8.03. The summed E-state index contributed by atoms with van der Waals surface area (Å²) in [7, 11) is -3.23. The second-order valence-corrected chi connectivity index (χ2v) is 10.3. The van der Waals surface area contributed by atoms with Crippen LogP contribution in [0.4, 0.5) is 0 Å². The number of hydrogen-bond acceptors (Lipinski definition) is 5. The van der Waals surface area contributed by atoms with Crippen LogP contribution in [-0.2, 0) is 9.84 Å². The van der Waals surface area contributed by atoms with Crippen LogP contribution in [0, 0.1) is 0 Å². The maximum atomic E-state index is 11.7. The molecule has 0 fully saturated rings. The van der Waals surface area contributed by atoms with Crippen LogP contribution in [0.2, 0.25) is 5.02 Å². The molecule has 0 aliphatic heterocycles. The Bertz CT molecular complexity index is 1190. The third-order valence-electron chi connectivity index (χ3n) is 4.03. The second kappa shape index (κ2) is 7.20. The smallest absolute Gasteiger partial charge is 0.175 e. The fraction of sp³-hybridized carbons (Fsp3) is 0.0500. The maximum absolute atomic E-state index is 11.7. The Morgan fingerprint density at radius 1 is 0.963 bits per heavy atom. The van der Waals surface area contributed by atoms with Gasteiger partial charge in [0.25, 0.3) is 0 Å². The summed E-state index contributed by atoms with van der Waals surface area (Å²) in [5.41, 5.74) is 2.71. The molecule has 2 aromatic carbocycles. The van der Waals surface area contributed by atoms with E-state index in [1.54, 1.807) is 34.8 Å². The minimum absolute atomic E-state index is 0.305. The van der Waals surface area contributed by atoms with Crippen molar-refractivity contribution < 1.29 is 8.42 Å². The van der Waals surface area contributed by atoms with E-state index >= 15 is 0 Å². The Morgan fingerprint density at radius 3 is 2.33 bits per heavy atom. The predicted molar refractivity (Wildman–Crippen MR) is 114 cm³/mol. The zero-order valence-electron chi connectivity index (χ0n) is 14.2. The number of thiazole rings is 1. The Labute approximate surface area is 170 Å². The van der Waals surface area contributed by atoms with E-state index in [4.69, 9.17) is 16.6 Å². The van der Waals surface area contributed by atoms with Gasteiger partial charge in [0.05, 0.1) is 25.4 Å². The molecule has 0 radical (unpaired) electrons. The molecule has 3 nitrogen and oxygen atoms in total. The van der Waals surface area contributed by atoms with Crippen molar-refractivity contribution in [2.75, 3.05) is 6.26 Å². The number of benzene rings is 2. The van der Waals surface area contributed by atoms with E-state index in [2.05, 4.69) is 0 Å². The van der Waals surface area contributed by atoms with Gasteiger partial charge in [-0.15, -0.1) is 22.7 Å². The monoisotopic (exact) mass is 431 g/mol. The summed E-state index contributed by atoms with van der Waals surface area (Å²) in [6.45, 7) is 0. The average molecular weight is 432 g/mol. The molecule has 0 bridgehead atoms. The summed E-state index contributed by atoms with van der Waals surface area (Å²) in [6.07, 6.45) is 1.21. The normalized spacial score (nSPS) is 11.6. The summed E-state index contributed by atoms with van der Waals surface area (Å²) in [6, 6.07) is 18.6. The van der Waals surface area contributed by atoms with Crippen LogP contribution in [0.1, 0.15) is 0 Å². The van der Waals surface area contributed by atoms with E-state index in [0.717, 1.165) is 31.6 Å². The number of thiophene rings is 1. The number of nitrogens with zero attached hydrogens (tertiary/aromatic N) is 1. The molecule has 2 aromatic heterocycles. The Hall–Kier alpha value is -1.99. The molecule has 0 aliphatic carbocycles. The fourth-order valence-corrected chi connectivity index (χ4v) is 5.52. The summed E-state index contributed by atoms with van der Waals surface area (Å²) >= 11 is 9.54. The summed E-state index contributed by atoms with van der Waals surface area (Å²) in [4.78, 5) is 7.22. The van der Waals surface area contributed by atoms with E-state index in [-0.39, 0.29) is 0 Å². The first-order chi connectivity index (χ1) is 12.9. The third kappa shape index (κ3) is 3.71. The van der Waals surface area contributed by atoms with Crippen molar-refractivity contribution in [3.8, 4) is 31.6 Å². The number of halogens is 1. The van der Waals surface area contributed by atoms with Crippen molar-refractivity contribution in [3.63, 3.8) is 0 Å². The molecule has 4 aromatic rings. The van der Waals surface area contributed by atoms with Crippen LogP contribution in [0.25, 0.3) is 31.6 Å². The molecule has 0 atom stereocenters. The zero-order valence-corrected chi connectivity index (χ0v) is 17.4. The Balaban J connectivity index is 1.88. The first kappa shape index (κ1) is 18.4.